The standard InChI is InChI=1S/C45H55N6O10P/c1-31(2)51(32(3)4)62(59-28-12-25-47)61-41-39(60-43(42(41)57-30-56-27-11-24-46)50-26-23-40(48-33(5)52)49-44(50)53)29-58-45(34-13-9-8-10-14-34,35-15-19-37(54-6)20-16-35)36-17-21-38(55-7)22-18-36/h8-10,13-23,26,31-32,39,41-43H,11-12,27-30H2,1-7H3,(H,48,49,52,53)/t39-,41-,42-,43-,62?/m1/s1. The smallest absolute Gasteiger partial charge is 0.351 e. The van der Waals surface area contributed by atoms with E-state index in [4.69, 9.17) is 42.7 Å². The van der Waals surface area contributed by atoms with Crippen molar-refractivity contribution in [1.29, 1.82) is 10.5 Å². The number of aromatic nitrogens is 2. The van der Waals surface area contributed by atoms with Crippen molar-refractivity contribution < 1.29 is 42.3 Å². The Kier molecular flexibility index (Phi) is 17.9. The third-order valence-corrected chi connectivity index (χ3v) is 12.0. The molecule has 1 fully saturated rings. The number of benzene rings is 3. The molecule has 0 spiro atoms. The van der Waals surface area contributed by atoms with E-state index in [9.17, 15) is 14.9 Å². The number of nitriles is 2. The number of methoxy groups -OCH3 is 2. The number of carbonyl (C=O) groups is 1. The van der Waals surface area contributed by atoms with Crippen molar-refractivity contribution in [3.05, 3.63) is 118 Å². The highest BCUT2D eigenvalue weighted by Gasteiger charge is 2.51. The molecule has 1 N–H and O–H groups in total. The van der Waals surface area contributed by atoms with Crippen molar-refractivity contribution in [2.45, 2.75) is 89.7 Å². The lowest BCUT2D eigenvalue weighted by atomic mass is 9.80. The first-order valence-electron chi connectivity index (χ1n) is 20.3. The number of rotatable bonds is 23. The SMILES string of the molecule is COc1ccc(C(OC[C@H]2O[C@@H](n3ccc(NC(C)=O)nc3=O)[C@H](OCOCCC#N)[C@@H]2OP(OCCC#N)N(C(C)C)C(C)C)(c2ccccc2)c2ccc(OC)cc2)cc1. The minimum absolute atomic E-state index is 0.0475. The van der Waals surface area contributed by atoms with Crippen molar-refractivity contribution >= 4 is 20.3 Å². The number of nitrogens with zero attached hydrogens (tertiary/aromatic N) is 5. The lowest BCUT2D eigenvalue weighted by molar-refractivity contribution is -0.138. The molecule has 0 bridgehead atoms. The minimum atomic E-state index is -1.89. The van der Waals surface area contributed by atoms with Gasteiger partial charge in [-0.15, -0.1) is 0 Å². The van der Waals surface area contributed by atoms with Gasteiger partial charge in [0.25, 0.3) is 8.53 Å². The van der Waals surface area contributed by atoms with Crippen LogP contribution >= 0.6 is 8.53 Å². The molecule has 1 amide bonds. The third kappa shape index (κ3) is 11.8. The number of amides is 1. The van der Waals surface area contributed by atoms with Gasteiger partial charge in [-0.3, -0.25) is 9.36 Å². The molecule has 3 aromatic carbocycles. The molecule has 1 aromatic heterocycles. The molecule has 1 aliphatic rings. The highest BCUT2D eigenvalue weighted by atomic mass is 31.2. The molecule has 62 heavy (non-hydrogen) atoms. The van der Waals surface area contributed by atoms with E-state index in [2.05, 4.69) is 27.1 Å². The number of ether oxygens (including phenoxy) is 6. The van der Waals surface area contributed by atoms with Crippen LogP contribution in [0.1, 0.15) is 70.4 Å². The van der Waals surface area contributed by atoms with Gasteiger partial charge in [0.15, 0.2) is 6.23 Å². The first-order chi connectivity index (χ1) is 30.0. The molecule has 0 saturated carbocycles. The lowest BCUT2D eigenvalue weighted by Gasteiger charge is -2.39. The van der Waals surface area contributed by atoms with Crippen molar-refractivity contribution in [3.63, 3.8) is 0 Å². The van der Waals surface area contributed by atoms with E-state index in [0.29, 0.717) is 11.5 Å². The summed E-state index contributed by atoms with van der Waals surface area (Å²) in [6.07, 6.45) is -2.42. The minimum Gasteiger partial charge on any atom is -0.497 e. The van der Waals surface area contributed by atoms with E-state index < -0.39 is 50.3 Å². The zero-order valence-electron chi connectivity index (χ0n) is 36.1. The monoisotopic (exact) mass is 870 g/mol. The van der Waals surface area contributed by atoms with Gasteiger partial charge in [-0.25, -0.2) is 9.46 Å². The molecule has 4 aromatic rings. The van der Waals surface area contributed by atoms with Crippen LogP contribution in [0.5, 0.6) is 11.5 Å². The maximum Gasteiger partial charge on any atom is 0.351 e. The molecular weight excluding hydrogens is 816 g/mol. The highest BCUT2D eigenvalue weighted by molar-refractivity contribution is 7.44. The third-order valence-electron chi connectivity index (χ3n) is 9.91. The average molecular weight is 871 g/mol. The molecule has 5 atom stereocenters. The molecule has 1 unspecified atom stereocenters. The van der Waals surface area contributed by atoms with Gasteiger partial charge in [0.1, 0.15) is 48.0 Å². The fraction of sp³-hybridized carbons (Fsp3) is 0.444. The van der Waals surface area contributed by atoms with Crippen LogP contribution in [-0.2, 0) is 38.4 Å². The van der Waals surface area contributed by atoms with E-state index in [1.54, 1.807) is 14.2 Å². The Morgan fingerprint density at radius 2 is 1.45 bits per heavy atom. The summed E-state index contributed by atoms with van der Waals surface area (Å²) in [5, 5.41) is 21.2. The van der Waals surface area contributed by atoms with E-state index >= 15 is 0 Å². The van der Waals surface area contributed by atoms with Gasteiger partial charge in [0.2, 0.25) is 5.91 Å². The predicted molar refractivity (Wildman–Crippen MR) is 231 cm³/mol. The van der Waals surface area contributed by atoms with Crippen molar-refractivity contribution in [2.24, 2.45) is 0 Å². The number of anilines is 1. The molecule has 5 rings (SSSR count). The largest absolute Gasteiger partial charge is 0.497 e. The van der Waals surface area contributed by atoms with Gasteiger partial charge in [-0.2, -0.15) is 15.5 Å². The summed E-state index contributed by atoms with van der Waals surface area (Å²) in [4.78, 5) is 29.7. The summed E-state index contributed by atoms with van der Waals surface area (Å²) in [6, 6.07) is 30.6. The Morgan fingerprint density at radius 1 is 0.871 bits per heavy atom. The van der Waals surface area contributed by atoms with Crippen LogP contribution in [0.3, 0.4) is 0 Å². The van der Waals surface area contributed by atoms with E-state index in [1.807, 2.05) is 107 Å². The summed E-state index contributed by atoms with van der Waals surface area (Å²) in [6.45, 7) is 9.21. The lowest BCUT2D eigenvalue weighted by Crippen LogP contribution is -2.43. The Hall–Kier alpha value is -5.26. The van der Waals surface area contributed by atoms with E-state index in [-0.39, 0.29) is 57.4 Å². The summed E-state index contributed by atoms with van der Waals surface area (Å²) in [5.74, 6) is 0.984. The summed E-state index contributed by atoms with van der Waals surface area (Å²) < 4.78 is 54.2. The van der Waals surface area contributed by atoms with Crippen molar-refractivity contribution in [2.75, 3.05) is 46.1 Å². The molecule has 1 saturated heterocycles. The van der Waals surface area contributed by atoms with Gasteiger partial charge in [0, 0.05) is 25.2 Å². The van der Waals surface area contributed by atoms with Gasteiger partial charge in [0.05, 0.1) is 59.0 Å². The second-order valence-corrected chi connectivity index (χ2v) is 16.2. The van der Waals surface area contributed by atoms with Gasteiger partial charge in [-0.1, -0.05) is 54.6 Å². The van der Waals surface area contributed by atoms with E-state index in [0.717, 1.165) is 16.7 Å². The summed E-state index contributed by atoms with van der Waals surface area (Å²) in [5.41, 5.74) is 0.387. The van der Waals surface area contributed by atoms with Gasteiger partial charge >= 0.3 is 5.69 Å². The summed E-state index contributed by atoms with van der Waals surface area (Å²) in [7, 11) is 1.32. The number of nitrogens with one attached hydrogen (secondary N) is 1. The van der Waals surface area contributed by atoms with Crippen LogP contribution in [0.15, 0.2) is 95.9 Å². The topological polar surface area (TPSA) is 189 Å². The molecule has 2 heterocycles. The van der Waals surface area contributed by atoms with Crippen LogP contribution < -0.4 is 20.5 Å². The molecular formula is C45H55N6O10P. The molecule has 1 aliphatic heterocycles. The maximum atomic E-state index is 13.8. The maximum absolute atomic E-state index is 13.8. The second-order valence-electron chi connectivity index (χ2n) is 14.7. The van der Waals surface area contributed by atoms with Crippen molar-refractivity contribution in [1.82, 2.24) is 14.2 Å². The zero-order valence-corrected chi connectivity index (χ0v) is 37.0. The predicted octanol–water partition coefficient (Wildman–Crippen LogP) is 7.06. The molecule has 0 aliphatic carbocycles. The average Bonchev–Trinajstić information content (AvgIpc) is 3.59. The quantitative estimate of drug-likeness (QED) is 0.0345. The molecule has 17 heteroatoms. The first-order valence-corrected chi connectivity index (χ1v) is 21.4. The zero-order chi connectivity index (χ0) is 44.6. The van der Waals surface area contributed by atoms with E-state index in [1.165, 1.54) is 23.8 Å². The Balaban J connectivity index is 1.68. The second kappa shape index (κ2) is 23.3. The van der Waals surface area contributed by atoms with Crippen LogP contribution in [0.4, 0.5) is 5.82 Å². The molecule has 0 radical (unpaired) electrons. The Morgan fingerprint density at radius 3 is 1.98 bits per heavy atom. The number of hydrogen-bond donors (Lipinski definition) is 1. The Bertz CT molecular complexity index is 2110. The Labute approximate surface area is 364 Å². The van der Waals surface area contributed by atoms with Crippen LogP contribution in [0.25, 0.3) is 0 Å². The fourth-order valence-corrected chi connectivity index (χ4v) is 8.98. The normalized spacial score (nSPS) is 18.1. The molecule has 330 valence electrons. The first kappa shape index (κ1) is 47.8. The number of hydrogen-bond acceptors (Lipinski definition) is 14. The van der Waals surface area contributed by atoms with Gasteiger partial charge < -0.3 is 42.8 Å². The number of carbonyl (C=O) groups excluding carboxylic acids is 1. The fourth-order valence-electron chi connectivity index (χ4n) is 7.21. The van der Waals surface area contributed by atoms with Crippen LogP contribution in [0.2, 0.25) is 0 Å². The van der Waals surface area contributed by atoms with Gasteiger partial charge in [-0.05, 0) is 74.7 Å². The highest BCUT2D eigenvalue weighted by Crippen LogP contribution is 2.51. The van der Waals surface area contributed by atoms with Crippen molar-refractivity contribution in [3.8, 4) is 23.6 Å². The van der Waals surface area contributed by atoms with Crippen LogP contribution in [-0.4, -0.2) is 91.4 Å². The molecule has 16 nitrogen and oxygen atoms in total. The summed E-state index contributed by atoms with van der Waals surface area (Å²) >= 11 is 0. The van der Waals surface area contributed by atoms with Crippen LogP contribution in [0, 0.1) is 22.7 Å².